The number of hydrogen-bond donors (Lipinski definition) is 0. The van der Waals surface area contributed by atoms with Gasteiger partial charge in [0, 0.05) is 61.5 Å². The van der Waals surface area contributed by atoms with Crippen LogP contribution in [0.4, 0.5) is 11.4 Å². The Bertz CT molecular complexity index is 958. The minimum atomic E-state index is -0.377. The second-order valence-corrected chi connectivity index (χ2v) is 9.17. The Morgan fingerprint density at radius 1 is 1.19 bits per heavy atom. The van der Waals surface area contributed by atoms with Gasteiger partial charge in [0.15, 0.2) is 11.5 Å². The first-order chi connectivity index (χ1) is 14.8. The van der Waals surface area contributed by atoms with Crippen molar-refractivity contribution < 1.29 is 14.4 Å². The van der Waals surface area contributed by atoms with Crippen LogP contribution in [0.1, 0.15) is 25.8 Å². The Kier molecular flexibility index (Phi) is 6.25. The second-order valence-electron chi connectivity index (χ2n) is 8.74. The van der Waals surface area contributed by atoms with E-state index in [0.717, 1.165) is 55.4 Å². The average molecular weight is 446 g/mol. The van der Waals surface area contributed by atoms with Crippen LogP contribution in [0.25, 0.3) is 0 Å². The Balaban J connectivity index is 1.28. The molecular weight excluding hydrogens is 418 g/mol. The Labute approximate surface area is 187 Å². The van der Waals surface area contributed by atoms with E-state index in [9.17, 15) is 10.1 Å². The number of benzene rings is 2. The van der Waals surface area contributed by atoms with E-state index >= 15 is 0 Å². The second kappa shape index (κ2) is 8.93. The van der Waals surface area contributed by atoms with E-state index in [-0.39, 0.29) is 16.2 Å². The number of halogens is 1. The number of nitro groups is 1. The van der Waals surface area contributed by atoms with Crippen molar-refractivity contribution in [2.24, 2.45) is 0 Å². The molecule has 0 aliphatic carbocycles. The van der Waals surface area contributed by atoms with Gasteiger partial charge in [-0.15, -0.1) is 0 Å². The predicted octanol–water partition coefficient (Wildman–Crippen LogP) is 4.55. The van der Waals surface area contributed by atoms with Crippen LogP contribution in [0, 0.1) is 10.1 Å². The standard InChI is InChI=1S/C23H28ClN3O4/c1-23(2)16-17-13-20(27(28)29)15-21(22(17)31-23)30-12-4-7-25-8-10-26(11-9-25)19-6-3-5-18(24)14-19/h3,5-6,13-15H,4,7-12,16H2,1-2H3. The summed E-state index contributed by atoms with van der Waals surface area (Å²) in [4.78, 5) is 15.7. The van der Waals surface area contributed by atoms with Gasteiger partial charge < -0.3 is 14.4 Å². The third-order valence-electron chi connectivity index (χ3n) is 5.74. The van der Waals surface area contributed by atoms with Crippen molar-refractivity contribution in [1.29, 1.82) is 0 Å². The lowest BCUT2D eigenvalue weighted by atomic mass is 10.0. The summed E-state index contributed by atoms with van der Waals surface area (Å²) in [5, 5.41) is 12.1. The van der Waals surface area contributed by atoms with Crippen LogP contribution in [0.15, 0.2) is 36.4 Å². The van der Waals surface area contributed by atoms with E-state index in [0.29, 0.717) is 24.5 Å². The van der Waals surface area contributed by atoms with Gasteiger partial charge in [0.1, 0.15) is 5.60 Å². The van der Waals surface area contributed by atoms with Crippen molar-refractivity contribution in [1.82, 2.24) is 4.90 Å². The quantitative estimate of drug-likeness (QED) is 0.353. The first kappa shape index (κ1) is 21.7. The smallest absolute Gasteiger partial charge is 0.273 e. The van der Waals surface area contributed by atoms with E-state index in [1.807, 2.05) is 32.0 Å². The van der Waals surface area contributed by atoms with E-state index in [1.54, 1.807) is 6.07 Å². The van der Waals surface area contributed by atoms with Crippen LogP contribution >= 0.6 is 11.6 Å². The number of nitro benzene ring substituents is 1. The normalized spacial score (nSPS) is 17.8. The maximum absolute atomic E-state index is 11.3. The highest BCUT2D eigenvalue weighted by atomic mass is 35.5. The molecule has 0 N–H and O–H groups in total. The summed E-state index contributed by atoms with van der Waals surface area (Å²) in [6.45, 7) is 9.26. The van der Waals surface area contributed by atoms with Crippen molar-refractivity contribution in [3.05, 3.63) is 57.1 Å². The highest BCUT2D eigenvalue weighted by molar-refractivity contribution is 6.30. The van der Waals surface area contributed by atoms with Crippen LogP contribution in [-0.2, 0) is 6.42 Å². The zero-order valence-corrected chi connectivity index (χ0v) is 18.7. The van der Waals surface area contributed by atoms with Gasteiger partial charge >= 0.3 is 0 Å². The largest absolute Gasteiger partial charge is 0.489 e. The number of nitrogens with zero attached hydrogens (tertiary/aromatic N) is 3. The zero-order valence-electron chi connectivity index (χ0n) is 18.0. The monoisotopic (exact) mass is 445 g/mol. The molecule has 0 saturated carbocycles. The maximum Gasteiger partial charge on any atom is 0.273 e. The number of piperazine rings is 1. The molecule has 0 aromatic heterocycles. The molecule has 0 unspecified atom stereocenters. The van der Waals surface area contributed by atoms with Crippen LogP contribution in [0.2, 0.25) is 5.02 Å². The number of ether oxygens (including phenoxy) is 2. The van der Waals surface area contributed by atoms with Gasteiger partial charge in [0.2, 0.25) is 0 Å². The number of hydrogen-bond acceptors (Lipinski definition) is 6. The molecule has 8 heteroatoms. The van der Waals surface area contributed by atoms with Crippen LogP contribution < -0.4 is 14.4 Å². The summed E-state index contributed by atoms with van der Waals surface area (Å²) in [5.74, 6) is 1.12. The molecule has 0 spiro atoms. The summed E-state index contributed by atoms with van der Waals surface area (Å²) < 4.78 is 11.9. The van der Waals surface area contributed by atoms with Gasteiger partial charge in [-0.2, -0.15) is 0 Å². The van der Waals surface area contributed by atoms with Gasteiger partial charge in [-0.1, -0.05) is 17.7 Å². The summed E-state index contributed by atoms with van der Waals surface area (Å²) in [6.07, 6.45) is 1.48. The highest BCUT2D eigenvalue weighted by Crippen LogP contribution is 2.44. The van der Waals surface area contributed by atoms with Crippen molar-refractivity contribution in [2.75, 3.05) is 44.2 Å². The fourth-order valence-corrected chi connectivity index (χ4v) is 4.43. The summed E-state index contributed by atoms with van der Waals surface area (Å²) >= 11 is 6.11. The molecule has 2 aliphatic rings. The average Bonchev–Trinajstić information content (AvgIpc) is 3.05. The SMILES string of the molecule is CC1(C)Cc2cc([N+](=O)[O-])cc(OCCCN3CCN(c4cccc(Cl)c4)CC3)c2O1. The van der Waals surface area contributed by atoms with E-state index in [2.05, 4.69) is 15.9 Å². The molecule has 7 nitrogen and oxygen atoms in total. The summed E-state index contributed by atoms with van der Waals surface area (Å²) in [5.41, 5.74) is 1.68. The highest BCUT2D eigenvalue weighted by Gasteiger charge is 2.34. The molecule has 1 fully saturated rings. The van der Waals surface area contributed by atoms with Crippen molar-refractivity contribution >= 4 is 23.0 Å². The molecule has 4 rings (SSSR count). The van der Waals surface area contributed by atoms with E-state index in [4.69, 9.17) is 21.1 Å². The Hall–Kier alpha value is -2.51. The molecule has 166 valence electrons. The van der Waals surface area contributed by atoms with Crippen LogP contribution in [-0.4, -0.2) is 54.8 Å². The van der Waals surface area contributed by atoms with Gasteiger partial charge in [-0.3, -0.25) is 15.0 Å². The molecular formula is C23H28ClN3O4. The molecule has 2 aromatic rings. The molecule has 2 heterocycles. The first-order valence-corrected chi connectivity index (χ1v) is 11.0. The number of anilines is 1. The lowest BCUT2D eigenvalue weighted by molar-refractivity contribution is -0.385. The minimum Gasteiger partial charge on any atom is -0.489 e. The summed E-state index contributed by atoms with van der Waals surface area (Å²) in [6, 6.07) is 11.0. The molecule has 0 amide bonds. The third-order valence-corrected chi connectivity index (χ3v) is 5.98. The predicted molar refractivity (Wildman–Crippen MR) is 122 cm³/mol. The topological polar surface area (TPSA) is 68.1 Å². The van der Waals surface area contributed by atoms with Gasteiger partial charge in [0.25, 0.3) is 5.69 Å². The lowest BCUT2D eigenvalue weighted by Crippen LogP contribution is -2.46. The van der Waals surface area contributed by atoms with Crippen molar-refractivity contribution in [3.8, 4) is 11.5 Å². The zero-order chi connectivity index (χ0) is 22.0. The molecule has 0 bridgehead atoms. The third kappa shape index (κ3) is 5.22. The van der Waals surface area contributed by atoms with Crippen molar-refractivity contribution in [2.45, 2.75) is 32.3 Å². The van der Waals surface area contributed by atoms with Crippen molar-refractivity contribution in [3.63, 3.8) is 0 Å². The van der Waals surface area contributed by atoms with Crippen LogP contribution in [0.5, 0.6) is 11.5 Å². The first-order valence-electron chi connectivity index (χ1n) is 10.7. The molecule has 2 aromatic carbocycles. The fraction of sp³-hybridized carbons (Fsp3) is 0.478. The Morgan fingerprint density at radius 2 is 1.97 bits per heavy atom. The molecule has 0 atom stereocenters. The van der Waals surface area contributed by atoms with Gasteiger partial charge in [0.05, 0.1) is 17.6 Å². The van der Waals surface area contributed by atoms with Gasteiger partial charge in [-0.05, 0) is 38.5 Å². The van der Waals surface area contributed by atoms with E-state index in [1.165, 1.54) is 6.07 Å². The lowest BCUT2D eigenvalue weighted by Gasteiger charge is -2.36. The van der Waals surface area contributed by atoms with Crippen LogP contribution in [0.3, 0.4) is 0 Å². The number of non-ortho nitro benzene ring substituents is 1. The maximum atomic E-state index is 11.3. The summed E-state index contributed by atoms with van der Waals surface area (Å²) in [7, 11) is 0. The molecule has 2 aliphatic heterocycles. The van der Waals surface area contributed by atoms with Gasteiger partial charge in [-0.25, -0.2) is 0 Å². The molecule has 1 saturated heterocycles. The fourth-order valence-electron chi connectivity index (χ4n) is 4.25. The molecule has 0 radical (unpaired) electrons. The number of fused-ring (bicyclic) bond motifs is 1. The molecule has 31 heavy (non-hydrogen) atoms. The number of rotatable bonds is 7. The Morgan fingerprint density at radius 3 is 2.68 bits per heavy atom. The van der Waals surface area contributed by atoms with E-state index < -0.39 is 0 Å². The minimum absolute atomic E-state index is 0.0483.